The second-order valence-corrected chi connectivity index (χ2v) is 3.77. The van der Waals surface area contributed by atoms with Crippen molar-refractivity contribution >= 4 is 23.6 Å². The second-order valence-electron chi connectivity index (χ2n) is 3.77. The maximum Gasteiger partial charge on any atom is 0.336 e. The molecule has 5 N–H and O–H groups in total. The van der Waals surface area contributed by atoms with E-state index >= 15 is 0 Å². The van der Waals surface area contributed by atoms with Crippen LogP contribution in [0.15, 0.2) is 18.2 Å². The molecule has 0 spiro atoms. The number of hydrogen-bond acceptors (Lipinski definition) is 5. The number of benzene rings is 1. The van der Waals surface area contributed by atoms with Crippen molar-refractivity contribution in [2.75, 3.05) is 13.1 Å². The van der Waals surface area contributed by atoms with Crippen LogP contribution >= 0.6 is 0 Å². The number of aromatic carboxylic acids is 2. The Morgan fingerprint density at radius 3 is 2.20 bits per heavy atom. The van der Waals surface area contributed by atoms with Gasteiger partial charge < -0.3 is 21.3 Å². The first-order valence-corrected chi connectivity index (χ1v) is 5.47. The van der Waals surface area contributed by atoms with Crippen LogP contribution in [0.4, 0.5) is 0 Å². The van der Waals surface area contributed by atoms with Gasteiger partial charge in [-0.15, -0.1) is 0 Å². The molecular weight excluding hydrogens is 268 g/mol. The maximum atomic E-state index is 11.9. The largest absolute Gasteiger partial charge is 0.478 e. The van der Waals surface area contributed by atoms with E-state index in [1.165, 1.54) is 0 Å². The Labute approximate surface area is 113 Å². The summed E-state index contributed by atoms with van der Waals surface area (Å²) in [7, 11) is 0. The molecule has 0 aliphatic rings. The lowest BCUT2D eigenvalue weighted by atomic mass is 10.00. The molecule has 0 atom stereocenters. The predicted octanol–water partition coefficient (Wildman–Crippen LogP) is -0.659. The number of ketones is 1. The molecule has 0 aliphatic heterocycles. The quantitative estimate of drug-likeness (QED) is 0.506. The van der Waals surface area contributed by atoms with Crippen LogP contribution in [0.3, 0.4) is 0 Å². The van der Waals surface area contributed by atoms with Crippen LogP contribution in [0.2, 0.25) is 0 Å². The van der Waals surface area contributed by atoms with Crippen LogP contribution in [-0.2, 0) is 4.79 Å². The number of carboxylic acid groups (broad SMARTS) is 2. The van der Waals surface area contributed by atoms with Gasteiger partial charge in [-0.05, 0) is 18.2 Å². The van der Waals surface area contributed by atoms with E-state index in [1.54, 1.807) is 0 Å². The number of amides is 1. The molecule has 106 valence electrons. The summed E-state index contributed by atoms with van der Waals surface area (Å²) in [5.41, 5.74) is 4.21. The number of rotatable bonds is 6. The highest BCUT2D eigenvalue weighted by atomic mass is 16.4. The fourth-order valence-corrected chi connectivity index (χ4v) is 1.44. The number of carboxylic acids is 2. The minimum Gasteiger partial charge on any atom is -0.478 e. The van der Waals surface area contributed by atoms with Crippen molar-refractivity contribution in [1.82, 2.24) is 5.32 Å². The van der Waals surface area contributed by atoms with E-state index in [0.29, 0.717) is 0 Å². The number of carbonyl (C=O) groups is 4. The lowest BCUT2D eigenvalue weighted by molar-refractivity contribution is -0.119. The molecule has 0 aromatic heterocycles. The molecule has 8 nitrogen and oxygen atoms in total. The fourth-order valence-electron chi connectivity index (χ4n) is 1.44. The van der Waals surface area contributed by atoms with Crippen LogP contribution in [0, 0.1) is 0 Å². The summed E-state index contributed by atoms with van der Waals surface area (Å²) in [6.07, 6.45) is 0. The maximum absolute atomic E-state index is 11.9. The summed E-state index contributed by atoms with van der Waals surface area (Å²) < 4.78 is 0. The van der Waals surface area contributed by atoms with Gasteiger partial charge >= 0.3 is 11.9 Å². The molecule has 20 heavy (non-hydrogen) atoms. The van der Waals surface area contributed by atoms with Crippen LogP contribution < -0.4 is 11.1 Å². The van der Waals surface area contributed by atoms with E-state index in [2.05, 4.69) is 5.32 Å². The van der Waals surface area contributed by atoms with Gasteiger partial charge in [0.15, 0.2) is 5.78 Å². The van der Waals surface area contributed by atoms with Crippen LogP contribution in [0.25, 0.3) is 0 Å². The zero-order chi connectivity index (χ0) is 15.3. The van der Waals surface area contributed by atoms with Crippen LogP contribution in [0.1, 0.15) is 31.1 Å². The molecule has 8 heteroatoms. The molecule has 0 radical (unpaired) electrons. The van der Waals surface area contributed by atoms with Crippen molar-refractivity contribution in [3.8, 4) is 0 Å². The number of nitrogens with two attached hydrogens (primary N) is 1. The molecule has 0 bridgehead atoms. The molecule has 1 aromatic rings. The summed E-state index contributed by atoms with van der Waals surface area (Å²) >= 11 is 0. The van der Waals surface area contributed by atoms with Crippen molar-refractivity contribution in [2.24, 2.45) is 5.73 Å². The van der Waals surface area contributed by atoms with Crippen molar-refractivity contribution in [3.63, 3.8) is 0 Å². The highest BCUT2D eigenvalue weighted by Crippen LogP contribution is 2.13. The third kappa shape index (κ3) is 3.62. The van der Waals surface area contributed by atoms with E-state index < -0.39 is 30.2 Å². The smallest absolute Gasteiger partial charge is 0.336 e. The first kappa shape index (κ1) is 15.3. The topological polar surface area (TPSA) is 147 Å². The fraction of sp³-hybridized carbons (Fsp3) is 0.167. The molecule has 0 saturated carbocycles. The first-order valence-electron chi connectivity index (χ1n) is 5.47. The van der Waals surface area contributed by atoms with E-state index in [0.717, 1.165) is 18.2 Å². The van der Waals surface area contributed by atoms with Crippen molar-refractivity contribution < 1.29 is 29.4 Å². The number of nitrogens with one attached hydrogen (secondary N) is 1. The molecule has 1 aromatic carbocycles. The summed E-state index contributed by atoms with van der Waals surface area (Å²) in [6, 6.07) is 3.08. The Morgan fingerprint density at radius 1 is 1.05 bits per heavy atom. The SMILES string of the molecule is NCC(=O)NCC(=O)c1cc(C(=O)O)ccc1C(=O)O. The average molecular weight is 280 g/mol. The molecule has 1 amide bonds. The van der Waals surface area contributed by atoms with Gasteiger partial charge in [0.05, 0.1) is 24.2 Å². The molecular formula is C12H12N2O6. The van der Waals surface area contributed by atoms with Gasteiger partial charge in [-0.2, -0.15) is 0 Å². The van der Waals surface area contributed by atoms with E-state index in [1.807, 2.05) is 0 Å². The summed E-state index contributed by atoms with van der Waals surface area (Å²) in [4.78, 5) is 44.6. The van der Waals surface area contributed by atoms with Gasteiger partial charge in [0.25, 0.3) is 0 Å². The predicted molar refractivity (Wildman–Crippen MR) is 66.8 cm³/mol. The van der Waals surface area contributed by atoms with Crippen molar-refractivity contribution in [3.05, 3.63) is 34.9 Å². The number of hydrogen-bond donors (Lipinski definition) is 4. The van der Waals surface area contributed by atoms with E-state index in [9.17, 15) is 19.2 Å². The summed E-state index contributed by atoms with van der Waals surface area (Å²) in [6.45, 7) is -0.770. The highest BCUT2D eigenvalue weighted by molar-refractivity contribution is 6.08. The monoisotopic (exact) mass is 280 g/mol. The Balaban J connectivity index is 3.09. The minimum atomic E-state index is -1.37. The number of Topliss-reactive ketones (excluding diaryl/α,β-unsaturated/α-hetero) is 1. The zero-order valence-electron chi connectivity index (χ0n) is 10.3. The van der Waals surface area contributed by atoms with Crippen LogP contribution in [-0.4, -0.2) is 46.9 Å². The average Bonchev–Trinajstić information content (AvgIpc) is 2.43. The van der Waals surface area contributed by atoms with Gasteiger partial charge in [0.1, 0.15) is 0 Å². The molecule has 0 heterocycles. The Hall–Kier alpha value is -2.74. The lowest BCUT2D eigenvalue weighted by Crippen LogP contribution is -2.34. The Bertz CT molecular complexity index is 581. The third-order valence-electron chi connectivity index (χ3n) is 2.43. The Morgan fingerprint density at radius 2 is 1.70 bits per heavy atom. The van der Waals surface area contributed by atoms with E-state index in [-0.39, 0.29) is 23.2 Å². The zero-order valence-corrected chi connectivity index (χ0v) is 10.3. The van der Waals surface area contributed by atoms with Crippen LogP contribution in [0.5, 0.6) is 0 Å². The first-order chi connectivity index (χ1) is 9.36. The van der Waals surface area contributed by atoms with Crippen molar-refractivity contribution in [1.29, 1.82) is 0 Å². The minimum absolute atomic E-state index is 0.219. The van der Waals surface area contributed by atoms with Gasteiger partial charge in [-0.1, -0.05) is 0 Å². The number of carbonyl (C=O) groups excluding carboxylic acids is 2. The van der Waals surface area contributed by atoms with Crippen molar-refractivity contribution in [2.45, 2.75) is 0 Å². The Kier molecular flexibility index (Phi) is 4.93. The second kappa shape index (κ2) is 6.43. The molecule has 0 fully saturated rings. The van der Waals surface area contributed by atoms with Gasteiger partial charge in [0, 0.05) is 5.56 Å². The normalized spacial score (nSPS) is 9.85. The molecule has 0 aliphatic carbocycles. The third-order valence-corrected chi connectivity index (χ3v) is 2.43. The van der Waals surface area contributed by atoms with E-state index in [4.69, 9.17) is 15.9 Å². The molecule has 0 saturated heterocycles. The standard InChI is InChI=1S/C12H12N2O6/c13-4-10(16)14-5-9(15)8-3-6(11(17)18)1-2-7(8)12(19)20/h1-3H,4-5,13H2,(H,14,16)(H,17,18)(H,19,20). The van der Waals surface area contributed by atoms with Gasteiger partial charge in [-0.25, -0.2) is 9.59 Å². The lowest BCUT2D eigenvalue weighted by Gasteiger charge is -2.07. The highest BCUT2D eigenvalue weighted by Gasteiger charge is 2.19. The summed E-state index contributed by atoms with van der Waals surface area (Å²) in [5, 5.41) is 20.0. The summed E-state index contributed by atoms with van der Waals surface area (Å²) in [5.74, 6) is -3.95. The molecule has 0 unspecified atom stereocenters. The molecule has 1 rings (SSSR count). The van der Waals surface area contributed by atoms with Gasteiger partial charge in [-0.3, -0.25) is 9.59 Å². The van der Waals surface area contributed by atoms with Gasteiger partial charge in [0.2, 0.25) is 5.91 Å².